The highest BCUT2D eigenvalue weighted by Crippen LogP contribution is 2.32. The van der Waals surface area contributed by atoms with Gasteiger partial charge in [0.25, 0.3) is 10.1 Å². The molecule has 1 aromatic carbocycles. The summed E-state index contributed by atoms with van der Waals surface area (Å²) in [4.78, 5) is 0.199. The Kier molecular flexibility index (Phi) is 4.73. The molecule has 7 heteroatoms. The number of aromatic nitrogens is 3. The van der Waals surface area contributed by atoms with Crippen LogP contribution in [0.25, 0.3) is 0 Å². The zero-order valence-electron chi connectivity index (χ0n) is 14.3. The highest BCUT2D eigenvalue weighted by Gasteiger charge is 2.28. The Hall–Kier alpha value is -1.73. The number of benzene rings is 1. The van der Waals surface area contributed by atoms with Gasteiger partial charge in [-0.05, 0) is 31.9 Å². The van der Waals surface area contributed by atoms with Gasteiger partial charge in [-0.1, -0.05) is 31.5 Å². The molecule has 2 heterocycles. The summed E-state index contributed by atoms with van der Waals surface area (Å²) in [5.74, 6) is 2.50. The van der Waals surface area contributed by atoms with Gasteiger partial charge in [-0.3, -0.25) is 4.18 Å². The van der Waals surface area contributed by atoms with Crippen LogP contribution in [0.15, 0.2) is 29.2 Å². The molecule has 0 amide bonds. The van der Waals surface area contributed by atoms with Gasteiger partial charge in [0.15, 0.2) is 0 Å². The average molecular weight is 349 g/mol. The van der Waals surface area contributed by atoms with Gasteiger partial charge >= 0.3 is 0 Å². The van der Waals surface area contributed by atoms with E-state index in [4.69, 9.17) is 4.18 Å². The molecule has 0 saturated carbocycles. The summed E-state index contributed by atoms with van der Waals surface area (Å²) in [5, 5.41) is 8.54. The van der Waals surface area contributed by atoms with Gasteiger partial charge in [0.1, 0.15) is 11.6 Å². The maximum atomic E-state index is 12.2. The molecule has 1 unspecified atom stereocenters. The zero-order chi connectivity index (χ0) is 17.3. The van der Waals surface area contributed by atoms with E-state index in [1.807, 2.05) is 6.92 Å². The molecule has 130 valence electrons. The molecule has 1 aromatic heterocycles. The van der Waals surface area contributed by atoms with Crippen molar-refractivity contribution in [2.24, 2.45) is 0 Å². The fourth-order valence-corrected chi connectivity index (χ4v) is 3.97. The Bertz CT molecular complexity index is 810. The molecule has 0 aliphatic carbocycles. The van der Waals surface area contributed by atoms with Crippen molar-refractivity contribution in [2.75, 3.05) is 6.61 Å². The van der Waals surface area contributed by atoms with Crippen molar-refractivity contribution >= 4 is 10.1 Å². The van der Waals surface area contributed by atoms with Crippen LogP contribution in [0.5, 0.6) is 0 Å². The van der Waals surface area contributed by atoms with Crippen LogP contribution < -0.4 is 0 Å². The van der Waals surface area contributed by atoms with E-state index in [-0.39, 0.29) is 17.4 Å². The second kappa shape index (κ2) is 6.64. The molecule has 0 spiro atoms. The standard InChI is InChI=1S/C17H23N3O3S/c1-12(2)16-18-19-17-14(8-10-20(16)17)9-11-23-24(21,22)15-6-4-13(3)5-7-15/h4-7,12,14H,8-11H2,1-3H3. The van der Waals surface area contributed by atoms with E-state index in [0.717, 1.165) is 30.2 Å². The fraction of sp³-hybridized carbons (Fsp3) is 0.529. The van der Waals surface area contributed by atoms with E-state index in [1.165, 1.54) is 0 Å². The number of fused-ring (bicyclic) bond motifs is 1. The van der Waals surface area contributed by atoms with Gasteiger partial charge in [0.2, 0.25) is 0 Å². The predicted octanol–water partition coefficient (Wildman–Crippen LogP) is 2.99. The van der Waals surface area contributed by atoms with Crippen molar-refractivity contribution in [1.29, 1.82) is 0 Å². The highest BCUT2D eigenvalue weighted by atomic mass is 32.2. The number of rotatable bonds is 6. The van der Waals surface area contributed by atoms with Crippen LogP contribution in [-0.4, -0.2) is 29.8 Å². The van der Waals surface area contributed by atoms with Gasteiger partial charge in [-0.2, -0.15) is 8.42 Å². The van der Waals surface area contributed by atoms with Crippen LogP contribution in [0.1, 0.15) is 55.7 Å². The highest BCUT2D eigenvalue weighted by molar-refractivity contribution is 7.86. The summed E-state index contributed by atoms with van der Waals surface area (Å²) in [6.07, 6.45) is 1.58. The van der Waals surface area contributed by atoms with E-state index < -0.39 is 10.1 Å². The molecule has 3 rings (SSSR count). The Morgan fingerprint density at radius 2 is 1.96 bits per heavy atom. The number of hydrogen-bond donors (Lipinski definition) is 0. The van der Waals surface area contributed by atoms with E-state index in [2.05, 4.69) is 28.6 Å². The van der Waals surface area contributed by atoms with E-state index in [1.54, 1.807) is 24.3 Å². The molecule has 24 heavy (non-hydrogen) atoms. The number of nitrogens with zero attached hydrogens (tertiary/aromatic N) is 3. The normalized spacial score (nSPS) is 17.4. The minimum absolute atomic E-state index is 0.157. The monoisotopic (exact) mass is 349 g/mol. The van der Waals surface area contributed by atoms with E-state index in [0.29, 0.717) is 12.3 Å². The topological polar surface area (TPSA) is 74.1 Å². The first-order valence-corrected chi connectivity index (χ1v) is 9.68. The lowest BCUT2D eigenvalue weighted by atomic mass is 10.0. The predicted molar refractivity (Wildman–Crippen MR) is 90.4 cm³/mol. The molecule has 0 fully saturated rings. The molecule has 6 nitrogen and oxygen atoms in total. The minimum Gasteiger partial charge on any atom is -0.315 e. The minimum atomic E-state index is -3.70. The van der Waals surface area contributed by atoms with E-state index in [9.17, 15) is 8.42 Å². The molecule has 1 atom stereocenters. The summed E-state index contributed by atoms with van der Waals surface area (Å²) in [6.45, 7) is 7.17. The van der Waals surface area contributed by atoms with Crippen LogP contribution in [0, 0.1) is 6.92 Å². The summed E-state index contributed by atoms with van der Waals surface area (Å²) >= 11 is 0. The lowest BCUT2D eigenvalue weighted by molar-refractivity contribution is 0.298. The molecule has 0 N–H and O–H groups in total. The average Bonchev–Trinajstić information content (AvgIpc) is 3.10. The first-order chi connectivity index (χ1) is 11.4. The SMILES string of the molecule is Cc1ccc(S(=O)(=O)OCCC2CCn3c(C(C)C)nnc32)cc1. The number of aryl methyl sites for hydroxylation is 1. The Morgan fingerprint density at radius 1 is 1.25 bits per heavy atom. The second-order valence-corrected chi connectivity index (χ2v) is 8.20. The lowest BCUT2D eigenvalue weighted by Gasteiger charge is -2.09. The third-order valence-electron chi connectivity index (χ3n) is 4.41. The third kappa shape index (κ3) is 3.37. The Balaban J connectivity index is 1.61. The number of hydrogen-bond acceptors (Lipinski definition) is 5. The van der Waals surface area contributed by atoms with E-state index >= 15 is 0 Å². The van der Waals surface area contributed by atoms with Crippen molar-refractivity contribution in [1.82, 2.24) is 14.8 Å². The van der Waals surface area contributed by atoms with Gasteiger partial charge in [-0.15, -0.1) is 10.2 Å². The maximum absolute atomic E-state index is 12.2. The van der Waals surface area contributed by atoms with Gasteiger partial charge in [-0.25, -0.2) is 0 Å². The maximum Gasteiger partial charge on any atom is 0.296 e. The van der Waals surface area contributed by atoms with Crippen LogP contribution in [0.3, 0.4) is 0 Å². The Morgan fingerprint density at radius 3 is 2.62 bits per heavy atom. The summed E-state index contributed by atoms with van der Waals surface area (Å²) in [6, 6.07) is 6.68. The van der Waals surface area contributed by atoms with Gasteiger partial charge < -0.3 is 4.57 Å². The molecule has 0 bridgehead atoms. The molecular weight excluding hydrogens is 326 g/mol. The van der Waals surface area contributed by atoms with Crippen molar-refractivity contribution in [3.63, 3.8) is 0 Å². The first-order valence-electron chi connectivity index (χ1n) is 8.27. The smallest absolute Gasteiger partial charge is 0.296 e. The summed E-state index contributed by atoms with van der Waals surface area (Å²) in [5.41, 5.74) is 1.01. The van der Waals surface area contributed by atoms with Crippen molar-refractivity contribution in [3.05, 3.63) is 41.5 Å². The van der Waals surface area contributed by atoms with Crippen LogP contribution >= 0.6 is 0 Å². The summed E-state index contributed by atoms with van der Waals surface area (Å²) in [7, 11) is -3.70. The molecule has 0 saturated heterocycles. The van der Waals surface area contributed by atoms with Crippen molar-refractivity contribution in [3.8, 4) is 0 Å². The molecule has 1 aliphatic rings. The van der Waals surface area contributed by atoms with Crippen molar-refractivity contribution < 1.29 is 12.6 Å². The van der Waals surface area contributed by atoms with Gasteiger partial charge in [0.05, 0.1) is 11.5 Å². The summed E-state index contributed by atoms with van der Waals surface area (Å²) < 4.78 is 31.8. The first kappa shape index (κ1) is 17.1. The quantitative estimate of drug-likeness (QED) is 0.750. The van der Waals surface area contributed by atoms with Gasteiger partial charge in [0, 0.05) is 18.4 Å². The second-order valence-electron chi connectivity index (χ2n) is 6.59. The fourth-order valence-electron chi connectivity index (χ4n) is 3.05. The Labute approximate surface area is 143 Å². The van der Waals surface area contributed by atoms with Crippen molar-refractivity contribution in [2.45, 2.75) is 56.9 Å². The van der Waals surface area contributed by atoms with Crippen LogP contribution in [0.2, 0.25) is 0 Å². The van der Waals surface area contributed by atoms with Crippen LogP contribution in [-0.2, 0) is 20.8 Å². The zero-order valence-corrected chi connectivity index (χ0v) is 15.1. The molecular formula is C17H23N3O3S. The third-order valence-corrected chi connectivity index (χ3v) is 5.73. The molecule has 1 aliphatic heterocycles. The molecule has 2 aromatic rings. The largest absolute Gasteiger partial charge is 0.315 e. The van der Waals surface area contributed by atoms with Crippen LogP contribution in [0.4, 0.5) is 0 Å². The lowest BCUT2D eigenvalue weighted by Crippen LogP contribution is -2.10. The molecule has 0 radical (unpaired) electrons.